The highest BCUT2D eigenvalue weighted by molar-refractivity contribution is 6.81. The molecule has 0 amide bonds. The Labute approximate surface area is 170 Å². The number of fused-ring (bicyclic) bond motifs is 4. The molecule has 1 atom stereocenters. The maximum absolute atomic E-state index is 2.62. The first-order chi connectivity index (χ1) is 13.4. The van der Waals surface area contributed by atoms with Crippen molar-refractivity contribution in [1.82, 2.24) is 0 Å². The second-order valence-electron chi connectivity index (χ2n) is 9.33. The first-order valence-corrected chi connectivity index (χ1v) is 13.5. The van der Waals surface area contributed by atoms with Crippen LogP contribution in [0.1, 0.15) is 51.4 Å². The van der Waals surface area contributed by atoms with Crippen molar-refractivity contribution in [3.05, 3.63) is 99.6 Å². The van der Waals surface area contributed by atoms with Gasteiger partial charge >= 0.3 is 0 Å². The van der Waals surface area contributed by atoms with Crippen LogP contribution in [0.2, 0.25) is 13.1 Å². The van der Waals surface area contributed by atoms with Crippen LogP contribution in [0.5, 0.6) is 0 Å². The van der Waals surface area contributed by atoms with Crippen LogP contribution in [0.3, 0.4) is 0 Å². The van der Waals surface area contributed by atoms with Crippen LogP contribution in [0.4, 0.5) is 0 Å². The summed E-state index contributed by atoms with van der Waals surface area (Å²) < 4.78 is 0. The molecule has 3 aromatic rings. The summed E-state index contributed by atoms with van der Waals surface area (Å²) in [4.78, 5) is 0. The normalized spacial score (nSPS) is 17.9. The van der Waals surface area contributed by atoms with Crippen molar-refractivity contribution in [2.75, 3.05) is 0 Å². The zero-order valence-corrected chi connectivity index (χ0v) is 18.5. The van der Waals surface area contributed by atoms with Gasteiger partial charge in [-0.3, -0.25) is 0 Å². The summed E-state index contributed by atoms with van der Waals surface area (Å²) in [6.45, 7) is 12.1. The Morgan fingerprint density at radius 3 is 1.86 bits per heavy atom. The predicted molar refractivity (Wildman–Crippen MR) is 124 cm³/mol. The summed E-state index contributed by atoms with van der Waals surface area (Å²) >= 11 is 0. The molecule has 2 aliphatic carbocycles. The van der Waals surface area contributed by atoms with Crippen LogP contribution in [0.25, 0.3) is 17.2 Å². The SMILES string of the molecule is CC1=Cc2c(C)cc(C)cc2C1[Si](C)(C)C1c2ccccc2-c2ccccc21. The van der Waals surface area contributed by atoms with Gasteiger partial charge in [-0.05, 0) is 59.7 Å². The zero-order valence-electron chi connectivity index (χ0n) is 17.5. The first kappa shape index (κ1) is 17.7. The van der Waals surface area contributed by atoms with Gasteiger partial charge in [0.15, 0.2) is 0 Å². The Kier molecular flexibility index (Phi) is 3.83. The molecule has 0 saturated carbocycles. The lowest BCUT2D eigenvalue weighted by Gasteiger charge is -2.38. The van der Waals surface area contributed by atoms with E-state index in [0.29, 0.717) is 11.1 Å². The Hall–Kier alpha value is -2.38. The molecule has 0 aliphatic heterocycles. The lowest BCUT2D eigenvalue weighted by atomic mass is 10.0. The summed E-state index contributed by atoms with van der Waals surface area (Å²) in [6.07, 6.45) is 2.47. The molecule has 28 heavy (non-hydrogen) atoms. The fraction of sp³-hybridized carbons (Fsp3) is 0.259. The highest BCUT2D eigenvalue weighted by Crippen LogP contribution is 2.55. The van der Waals surface area contributed by atoms with Gasteiger partial charge in [-0.1, -0.05) is 91.0 Å². The van der Waals surface area contributed by atoms with Crippen molar-refractivity contribution in [3.63, 3.8) is 0 Å². The minimum absolute atomic E-state index is 0.542. The number of hydrogen-bond acceptors (Lipinski definition) is 0. The Morgan fingerprint density at radius 2 is 1.25 bits per heavy atom. The summed E-state index contributed by atoms with van der Waals surface area (Å²) in [7, 11) is -1.77. The van der Waals surface area contributed by atoms with Crippen LogP contribution in [0, 0.1) is 13.8 Å². The van der Waals surface area contributed by atoms with Gasteiger partial charge in [0.2, 0.25) is 0 Å². The molecule has 0 aromatic heterocycles. The monoisotopic (exact) mass is 380 g/mol. The fourth-order valence-electron chi connectivity index (χ4n) is 6.12. The van der Waals surface area contributed by atoms with Crippen molar-refractivity contribution < 1.29 is 0 Å². The zero-order chi connectivity index (χ0) is 19.6. The first-order valence-electron chi connectivity index (χ1n) is 10.4. The van der Waals surface area contributed by atoms with Crippen LogP contribution < -0.4 is 0 Å². The van der Waals surface area contributed by atoms with Crippen molar-refractivity contribution in [1.29, 1.82) is 0 Å². The van der Waals surface area contributed by atoms with Gasteiger partial charge in [-0.15, -0.1) is 0 Å². The molecule has 0 bridgehead atoms. The van der Waals surface area contributed by atoms with E-state index in [1.165, 1.54) is 27.8 Å². The van der Waals surface area contributed by atoms with Crippen LogP contribution in [-0.4, -0.2) is 8.07 Å². The molecular weight excluding hydrogens is 352 g/mol. The Bertz CT molecular complexity index is 1090. The quantitative estimate of drug-likeness (QED) is 0.406. The summed E-state index contributed by atoms with van der Waals surface area (Å²) in [5.41, 5.74) is 14.5. The van der Waals surface area contributed by atoms with Gasteiger partial charge < -0.3 is 0 Å². The van der Waals surface area contributed by atoms with E-state index in [4.69, 9.17) is 0 Å². The molecule has 0 spiro atoms. The van der Waals surface area contributed by atoms with E-state index in [1.54, 1.807) is 22.3 Å². The molecule has 3 aromatic carbocycles. The van der Waals surface area contributed by atoms with Crippen molar-refractivity contribution in [2.45, 2.75) is 44.9 Å². The number of rotatable bonds is 2. The topological polar surface area (TPSA) is 0 Å². The molecule has 0 heterocycles. The van der Waals surface area contributed by atoms with E-state index in [0.717, 1.165) is 0 Å². The van der Waals surface area contributed by atoms with Gasteiger partial charge in [0, 0.05) is 11.1 Å². The van der Waals surface area contributed by atoms with E-state index < -0.39 is 8.07 Å². The van der Waals surface area contributed by atoms with Crippen LogP contribution in [-0.2, 0) is 0 Å². The van der Waals surface area contributed by atoms with Gasteiger partial charge in [-0.25, -0.2) is 0 Å². The molecule has 0 saturated heterocycles. The molecule has 140 valence electrons. The molecular formula is C27H28Si. The van der Waals surface area contributed by atoms with Crippen molar-refractivity contribution in [2.24, 2.45) is 0 Å². The van der Waals surface area contributed by atoms with Gasteiger partial charge in [-0.2, -0.15) is 0 Å². The highest BCUT2D eigenvalue weighted by atomic mass is 28.3. The maximum Gasteiger partial charge on any atom is 0.0726 e. The van der Waals surface area contributed by atoms with E-state index in [-0.39, 0.29) is 0 Å². The second kappa shape index (κ2) is 6.06. The number of hydrogen-bond donors (Lipinski definition) is 0. The lowest BCUT2D eigenvalue weighted by molar-refractivity contribution is 0.983. The van der Waals surface area contributed by atoms with Gasteiger partial charge in [0.1, 0.15) is 0 Å². The molecule has 0 radical (unpaired) electrons. The lowest BCUT2D eigenvalue weighted by Crippen LogP contribution is -2.42. The average Bonchev–Trinajstić information content (AvgIpc) is 3.17. The predicted octanol–water partition coefficient (Wildman–Crippen LogP) is 7.40. The van der Waals surface area contributed by atoms with Gasteiger partial charge in [0.05, 0.1) is 8.07 Å². The maximum atomic E-state index is 2.62. The minimum atomic E-state index is -1.77. The molecule has 0 fully saturated rings. The van der Waals surface area contributed by atoms with Crippen molar-refractivity contribution >= 4 is 14.1 Å². The highest BCUT2D eigenvalue weighted by Gasteiger charge is 2.48. The van der Waals surface area contributed by atoms with E-state index in [9.17, 15) is 0 Å². The third-order valence-electron chi connectivity index (χ3n) is 7.02. The van der Waals surface area contributed by atoms with Crippen LogP contribution in [0.15, 0.2) is 66.2 Å². The van der Waals surface area contributed by atoms with E-state index >= 15 is 0 Å². The van der Waals surface area contributed by atoms with Crippen molar-refractivity contribution in [3.8, 4) is 11.1 Å². The van der Waals surface area contributed by atoms with Crippen LogP contribution >= 0.6 is 0 Å². The molecule has 5 rings (SSSR count). The fourth-order valence-corrected chi connectivity index (χ4v) is 10.9. The Balaban J connectivity index is 1.72. The minimum Gasteiger partial charge on any atom is -0.0679 e. The largest absolute Gasteiger partial charge is 0.0726 e. The van der Waals surface area contributed by atoms with E-state index in [1.807, 2.05) is 0 Å². The summed E-state index contributed by atoms with van der Waals surface area (Å²) in [5.74, 6) is 0. The average molecular weight is 381 g/mol. The molecule has 1 unspecified atom stereocenters. The van der Waals surface area contributed by atoms with Gasteiger partial charge in [0.25, 0.3) is 0 Å². The third kappa shape index (κ3) is 2.36. The third-order valence-corrected chi connectivity index (χ3v) is 11.4. The molecule has 2 aliphatic rings. The van der Waals surface area contributed by atoms with E-state index in [2.05, 4.69) is 101 Å². The standard InChI is InChI=1S/C27H28Si/c1-17-14-18(2)24-16-19(3)26(25(24)15-17)28(4,5)27-22-12-8-6-10-20(22)21-11-7-9-13-23(21)27/h6-16,26-27H,1-5H3. The summed E-state index contributed by atoms with van der Waals surface area (Å²) in [5, 5.41) is 0. The molecule has 1 heteroatoms. The number of aryl methyl sites for hydroxylation is 2. The smallest absolute Gasteiger partial charge is 0.0679 e. The molecule has 0 N–H and O–H groups in total. The number of allylic oxidation sites excluding steroid dienone is 1. The molecule has 0 nitrogen and oxygen atoms in total. The second-order valence-corrected chi connectivity index (χ2v) is 14.1. The Morgan fingerprint density at radius 1 is 0.679 bits per heavy atom. The summed E-state index contributed by atoms with van der Waals surface area (Å²) in [6, 6.07) is 23.0. The number of benzene rings is 3.